The van der Waals surface area contributed by atoms with Crippen molar-refractivity contribution in [2.24, 2.45) is 5.92 Å². The molecule has 1 amide bonds. The standard InChI is InChI=1S/C23H24N4O/c28-23(18-9-5-2-6-10-18)27-20-13-11-19(12-14-20)26-22-15-21(24-16-25-22)17-7-3-1-4-8-17/h1,3-4,7-8,11-16,18H,2,5-6,9-10H2,(H,27,28)(H,24,25,26). The highest BCUT2D eigenvalue weighted by Crippen LogP contribution is 2.26. The number of carbonyl (C=O) groups is 1. The van der Waals surface area contributed by atoms with Gasteiger partial charge in [0, 0.05) is 28.9 Å². The summed E-state index contributed by atoms with van der Waals surface area (Å²) in [6, 6.07) is 19.7. The van der Waals surface area contributed by atoms with E-state index in [-0.39, 0.29) is 11.8 Å². The van der Waals surface area contributed by atoms with Gasteiger partial charge < -0.3 is 10.6 Å². The number of benzene rings is 2. The number of aromatic nitrogens is 2. The van der Waals surface area contributed by atoms with Gasteiger partial charge in [-0.05, 0) is 37.1 Å². The van der Waals surface area contributed by atoms with Gasteiger partial charge in [-0.2, -0.15) is 0 Å². The summed E-state index contributed by atoms with van der Waals surface area (Å²) < 4.78 is 0. The molecule has 2 N–H and O–H groups in total. The molecule has 0 unspecified atom stereocenters. The van der Waals surface area contributed by atoms with Crippen LogP contribution in [0.4, 0.5) is 17.2 Å². The fraction of sp³-hybridized carbons (Fsp3) is 0.261. The van der Waals surface area contributed by atoms with Crippen LogP contribution >= 0.6 is 0 Å². The Morgan fingerprint density at radius 3 is 2.32 bits per heavy atom. The Balaban J connectivity index is 1.40. The Bertz CT molecular complexity index is 919. The highest BCUT2D eigenvalue weighted by molar-refractivity contribution is 5.92. The molecule has 0 saturated heterocycles. The first kappa shape index (κ1) is 18.2. The molecular weight excluding hydrogens is 348 g/mol. The Morgan fingerprint density at radius 2 is 1.57 bits per heavy atom. The second-order valence-corrected chi connectivity index (χ2v) is 7.18. The largest absolute Gasteiger partial charge is 0.340 e. The van der Waals surface area contributed by atoms with Crippen molar-refractivity contribution < 1.29 is 4.79 Å². The second-order valence-electron chi connectivity index (χ2n) is 7.18. The monoisotopic (exact) mass is 372 g/mol. The lowest BCUT2D eigenvalue weighted by atomic mass is 9.88. The first-order chi connectivity index (χ1) is 13.8. The number of hydrogen-bond acceptors (Lipinski definition) is 4. The zero-order valence-corrected chi connectivity index (χ0v) is 15.8. The van der Waals surface area contributed by atoms with Crippen molar-refractivity contribution in [2.75, 3.05) is 10.6 Å². The molecule has 0 bridgehead atoms. The number of carbonyl (C=O) groups excluding carboxylic acids is 1. The maximum Gasteiger partial charge on any atom is 0.227 e. The van der Waals surface area contributed by atoms with Crippen molar-refractivity contribution in [3.05, 3.63) is 67.0 Å². The second kappa shape index (κ2) is 8.65. The number of hydrogen-bond donors (Lipinski definition) is 2. The lowest BCUT2D eigenvalue weighted by Gasteiger charge is -2.20. The molecule has 4 rings (SSSR count). The minimum Gasteiger partial charge on any atom is -0.340 e. The molecule has 2 aromatic carbocycles. The molecule has 1 aliphatic rings. The first-order valence-corrected chi connectivity index (χ1v) is 9.83. The Kier molecular flexibility index (Phi) is 5.61. The summed E-state index contributed by atoms with van der Waals surface area (Å²) in [6.45, 7) is 0. The van der Waals surface area contributed by atoms with Crippen molar-refractivity contribution in [1.82, 2.24) is 9.97 Å². The van der Waals surface area contributed by atoms with Crippen LogP contribution in [0.25, 0.3) is 11.3 Å². The van der Waals surface area contributed by atoms with Gasteiger partial charge in [-0.25, -0.2) is 9.97 Å². The third kappa shape index (κ3) is 4.55. The summed E-state index contributed by atoms with van der Waals surface area (Å²) in [4.78, 5) is 21.0. The molecule has 1 aliphatic carbocycles. The normalized spacial score (nSPS) is 14.4. The lowest BCUT2D eigenvalue weighted by molar-refractivity contribution is -0.120. The van der Waals surface area contributed by atoms with E-state index in [2.05, 4.69) is 20.6 Å². The Labute approximate surface area is 165 Å². The summed E-state index contributed by atoms with van der Waals surface area (Å²) in [5.41, 5.74) is 3.66. The van der Waals surface area contributed by atoms with Crippen LogP contribution in [0.3, 0.4) is 0 Å². The average Bonchev–Trinajstić information content (AvgIpc) is 2.76. The number of amides is 1. The van der Waals surface area contributed by atoms with E-state index in [1.807, 2.05) is 60.7 Å². The van der Waals surface area contributed by atoms with Crippen LogP contribution in [0, 0.1) is 5.92 Å². The molecule has 0 atom stereocenters. The van der Waals surface area contributed by atoms with Crippen molar-refractivity contribution >= 4 is 23.1 Å². The fourth-order valence-corrected chi connectivity index (χ4v) is 3.59. The number of anilines is 3. The van der Waals surface area contributed by atoms with Crippen molar-refractivity contribution in [3.8, 4) is 11.3 Å². The van der Waals surface area contributed by atoms with E-state index in [0.717, 1.165) is 54.1 Å². The minimum absolute atomic E-state index is 0.142. The smallest absolute Gasteiger partial charge is 0.227 e. The van der Waals surface area contributed by atoms with E-state index in [4.69, 9.17) is 0 Å². The molecule has 5 nitrogen and oxygen atoms in total. The number of nitrogens with zero attached hydrogens (tertiary/aromatic N) is 2. The zero-order valence-electron chi connectivity index (χ0n) is 15.8. The third-order valence-electron chi connectivity index (χ3n) is 5.14. The van der Waals surface area contributed by atoms with Crippen LogP contribution in [-0.4, -0.2) is 15.9 Å². The molecule has 28 heavy (non-hydrogen) atoms. The predicted octanol–water partition coefficient (Wildman–Crippen LogP) is 5.41. The van der Waals surface area contributed by atoms with E-state index in [0.29, 0.717) is 0 Å². The Morgan fingerprint density at radius 1 is 0.857 bits per heavy atom. The number of nitrogens with one attached hydrogen (secondary N) is 2. The van der Waals surface area contributed by atoms with E-state index >= 15 is 0 Å². The van der Waals surface area contributed by atoms with Gasteiger partial charge in [-0.1, -0.05) is 49.6 Å². The van der Waals surface area contributed by atoms with Crippen molar-refractivity contribution in [1.29, 1.82) is 0 Å². The minimum atomic E-state index is 0.142. The average molecular weight is 372 g/mol. The summed E-state index contributed by atoms with van der Waals surface area (Å²) >= 11 is 0. The van der Waals surface area contributed by atoms with Crippen LogP contribution in [0.5, 0.6) is 0 Å². The fourth-order valence-electron chi connectivity index (χ4n) is 3.59. The first-order valence-electron chi connectivity index (χ1n) is 9.83. The van der Waals surface area contributed by atoms with Gasteiger partial charge in [-0.3, -0.25) is 4.79 Å². The topological polar surface area (TPSA) is 66.9 Å². The maximum absolute atomic E-state index is 12.4. The molecule has 5 heteroatoms. The lowest BCUT2D eigenvalue weighted by Crippen LogP contribution is -2.24. The summed E-state index contributed by atoms with van der Waals surface area (Å²) in [5, 5.41) is 6.34. The van der Waals surface area contributed by atoms with Crippen LogP contribution < -0.4 is 10.6 Å². The van der Waals surface area contributed by atoms with E-state index in [9.17, 15) is 4.79 Å². The van der Waals surface area contributed by atoms with Gasteiger partial charge in [-0.15, -0.1) is 0 Å². The highest BCUT2D eigenvalue weighted by Gasteiger charge is 2.20. The van der Waals surface area contributed by atoms with Gasteiger partial charge in [0.1, 0.15) is 12.1 Å². The molecule has 142 valence electrons. The Hall–Kier alpha value is -3.21. The molecule has 1 heterocycles. The molecule has 1 aromatic heterocycles. The van der Waals surface area contributed by atoms with E-state index in [1.54, 1.807) is 6.33 Å². The molecule has 0 spiro atoms. The van der Waals surface area contributed by atoms with E-state index in [1.165, 1.54) is 6.42 Å². The predicted molar refractivity (Wildman–Crippen MR) is 112 cm³/mol. The number of rotatable bonds is 5. The summed E-state index contributed by atoms with van der Waals surface area (Å²) in [7, 11) is 0. The zero-order chi connectivity index (χ0) is 19.2. The van der Waals surface area contributed by atoms with Crippen LogP contribution in [0.2, 0.25) is 0 Å². The van der Waals surface area contributed by atoms with Gasteiger partial charge in [0.25, 0.3) is 0 Å². The molecule has 0 aliphatic heterocycles. The van der Waals surface area contributed by atoms with Gasteiger partial charge in [0.05, 0.1) is 5.69 Å². The SMILES string of the molecule is O=C(Nc1ccc(Nc2cc(-c3ccccc3)ncn2)cc1)C1CCCCC1. The molecule has 0 radical (unpaired) electrons. The molecule has 3 aromatic rings. The van der Waals surface area contributed by atoms with Crippen LogP contribution in [0.15, 0.2) is 67.0 Å². The van der Waals surface area contributed by atoms with Crippen LogP contribution in [-0.2, 0) is 4.79 Å². The highest BCUT2D eigenvalue weighted by atomic mass is 16.1. The molecule has 1 saturated carbocycles. The summed E-state index contributed by atoms with van der Waals surface area (Å²) in [5.74, 6) is 1.03. The third-order valence-corrected chi connectivity index (χ3v) is 5.14. The van der Waals surface area contributed by atoms with Gasteiger partial charge >= 0.3 is 0 Å². The van der Waals surface area contributed by atoms with E-state index < -0.39 is 0 Å². The van der Waals surface area contributed by atoms with Crippen molar-refractivity contribution in [2.45, 2.75) is 32.1 Å². The molecular formula is C23H24N4O. The quantitative estimate of drug-likeness (QED) is 0.629. The van der Waals surface area contributed by atoms with Crippen LogP contribution in [0.1, 0.15) is 32.1 Å². The van der Waals surface area contributed by atoms with Gasteiger partial charge in [0.15, 0.2) is 0 Å². The molecule has 1 fully saturated rings. The van der Waals surface area contributed by atoms with Gasteiger partial charge in [0.2, 0.25) is 5.91 Å². The maximum atomic E-state index is 12.4. The van der Waals surface area contributed by atoms with Crippen molar-refractivity contribution in [3.63, 3.8) is 0 Å². The summed E-state index contributed by atoms with van der Waals surface area (Å²) in [6.07, 6.45) is 7.13.